The predicted octanol–water partition coefficient (Wildman–Crippen LogP) is 3.88. The van der Waals surface area contributed by atoms with Crippen molar-refractivity contribution in [2.45, 2.75) is 43.6 Å². The van der Waals surface area contributed by atoms with E-state index in [9.17, 15) is 26.7 Å². The van der Waals surface area contributed by atoms with Crippen molar-refractivity contribution in [3.05, 3.63) is 29.3 Å². The van der Waals surface area contributed by atoms with E-state index in [0.29, 0.717) is 31.7 Å². The number of carbonyl (C=O) groups excluding carboxylic acids is 1. The monoisotopic (exact) mass is 371 g/mol. The van der Waals surface area contributed by atoms with Gasteiger partial charge in [0.15, 0.2) is 11.6 Å². The first kappa shape index (κ1) is 17.3. The molecule has 1 aliphatic heterocycles. The summed E-state index contributed by atoms with van der Waals surface area (Å²) in [7, 11) is 0. The van der Waals surface area contributed by atoms with E-state index in [1.807, 2.05) is 5.92 Å². The summed E-state index contributed by atoms with van der Waals surface area (Å²) in [6.07, 6.45) is -4.27. The summed E-state index contributed by atoms with van der Waals surface area (Å²) >= 11 is 0. The zero-order chi connectivity index (χ0) is 18.7. The van der Waals surface area contributed by atoms with Crippen LogP contribution in [0.4, 0.5) is 27.6 Å². The summed E-state index contributed by atoms with van der Waals surface area (Å²) in [5.41, 5.74) is -4.99. The number of halogens is 5. The van der Waals surface area contributed by atoms with Gasteiger partial charge in [0, 0.05) is 5.92 Å². The minimum absolute atomic E-state index is 0.232. The fourth-order valence-corrected chi connectivity index (χ4v) is 3.02. The molecule has 0 spiro atoms. The first-order chi connectivity index (χ1) is 12.2. The molecule has 2 fully saturated rings. The van der Waals surface area contributed by atoms with Crippen molar-refractivity contribution in [1.29, 1.82) is 0 Å². The highest BCUT2D eigenvalue weighted by Crippen LogP contribution is 2.51. The van der Waals surface area contributed by atoms with Crippen LogP contribution in [0, 0.1) is 35.3 Å². The van der Waals surface area contributed by atoms with Crippen molar-refractivity contribution in [1.82, 2.24) is 0 Å². The molecule has 0 radical (unpaired) electrons. The Hall–Kier alpha value is -2.14. The van der Waals surface area contributed by atoms with Gasteiger partial charge in [-0.25, -0.2) is 8.78 Å². The molecule has 1 amide bonds. The topological polar surface area (TPSA) is 38.3 Å². The Morgan fingerprint density at radius 2 is 1.85 bits per heavy atom. The first-order valence-corrected chi connectivity index (χ1v) is 8.29. The second kappa shape index (κ2) is 5.68. The van der Waals surface area contributed by atoms with Crippen LogP contribution in [0.2, 0.25) is 0 Å². The second-order valence-corrected chi connectivity index (χ2v) is 6.87. The number of nitrogens with one attached hydrogen (secondary N) is 1. The van der Waals surface area contributed by atoms with Gasteiger partial charge in [0.2, 0.25) is 0 Å². The highest BCUT2D eigenvalue weighted by molar-refractivity contribution is 5.96. The smallest absolute Gasteiger partial charge is 0.336 e. The van der Waals surface area contributed by atoms with Crippen LogP contribution in [0.5, 0.6) is 0 Å². The van der Waals surface area contributed by atoms with E-state index in [2.05, 4.69) is 11.2 Å². The summed E-state index contributed by atoms with van der Waals surface area (Å²) < 4.78 is 76.0. The van der Waals surface area contributed by atoms with Crippen molar-refractivity contribution < 1.29 is 31.5 Å². The number of carbonyl (C=O) groups is 1. The number of amides is 1. The van der Waals surface area contributed by atoms with Crippen molar-refractivity contribution in [2.24, 2.45) is 11.8 Å². The summed E-state index contributed by atoms with van der Waals surface area (Å²) in [5, 5.41) is 2.25. The number of hydrogen-bond acceptors (Lipinski definition) is 2. The SMILES string of the molecule is O=C1Nc2ccc(F)c(F)c2[C@@](C#CC2CC2)(C(F)(F)F)O[C@H]1C1CC1. The molecule has 0 unspecified atom stereocenters. The number of fused-ring (bicyclic) bond motifs is 1. The Bertz CT molecular complexity index is 832. The summed E-state index contributed by atoms with van der Waals surface area (Å²) in [5.74, 6) is -0.126. The highest BCUT2D eigenvalue weighted by atomic mass is 19.4. The Balaban J connectivity index is 1.97. The molecule has 1 heterocycles. The van der Waals surface area contributed by atoms with E-state index in [1.54, 1.807) is 0 Å². The molecule has 3 nitrogen and oxygen atoms in total. The molecule has 0 aromatic heterocycles. The van der Waals surface area contributed by atoms with Crippen LogP contribution in [0.15, 0.2) is 12.1 Å². The number of anilines is 1. The van der Waals surface area contributed by atoms with Gasteiger partial charge in [0.05, 0.1) is 11.3 Å². The zero-order valence-corrected chi connectivity index (χ0v) is 13.4. The van der Waals surface area contributed by atoms with Crippen LogP contribution in [0.25, 0.3) is 0 Å². The molecular formula is C18H14F5NO2. The third-order valence-electron chi connectivity index (χ3n) is 4.75. The molecule has 138 valence electrons. The molecule has 1 aromatic carbocycles. The molecular weight excluding hydrogens is 357 g/mol. The number of benzene rings is 1. The predicted molar refractivity (Wildman–Crippen MR) is 80.8 cm³/mol. The summed E-state index contributed by atoms with van der Waals surface area (Å²) in [6.45, 7) is 0. The van der Waals surface area contributed by atoms with Crippen LogP contribution in [-0.2, 0) is 15.1 Å². The van der Waals surface area contributed by atoms with Crippen LogP contribution in [0.1, 0.15) is 31.2 Å². The summed E-state index contributed by atoms with van der Waals surface area (Å²) in [6, 6.07) is 1.57. The standard InChI is InChI=1S/C18H14F5NO2/c19-11-5-6-12-13(14(11)20)17(18(21,22)23,8-7-9-1-2-9)26-15(10-3-4-10)16(25)24-12/h5-6,9-10,15H,1-4H2,(H,24,25)/t15-,17-/m0/s1. The average Bonchev–Trinajstić information content (AvgIpc) is 3.44. The lowest BCUT2D eigenvalue weighted by Gasteiger charge is -2.33. The molecule has 1 aromatic rings. The van der Waals surface area contributed by atoms with Crippen LogP contribution in [-0.4, -0.2) is 18.2 Å². The maximum absolute atomic E-state index is 14.5. The van der Waals surface area contributed by atoms with Gasteiger partial charge in [0.25, 0.3) is 11.5 Å². The highest BCUT2D eigenvalue weighted by Gasteiger charge is 2.63. The van der Waals surface area contributed by atoms with Gasteiger partial charge in [-0.3, -0.25) is 4.79 Å². The Kier molecular flexibility index (Phi) is 3.77. The average molecular weight is 371 g/mol. The van der Waals surface area contributed by atoms with Crippen molar-refractivity contribution in [3.8, 4) is 11.8 Å². The van der Waals surface area contributed by atoms with Gasteiger partial charge in [-0.1, -0.05) is 11.8 Å². The number of rotatable bonds is 1. The minimum Gasteiger partial charge on any atom is -0.336 e. The quantitative estimate of drug-likeness (QED) is 0.601. The Morgan fingerprint density at radius 1 is 1.15 bits per heavy atom. The summed E-state index contributed by atoms with van der Waals surface area (Å²) in [4.78, 5) is 12.4. The molecule has 26 heavy (non-hydrogen) atoms. The van der Waals surface area contributed by atoms with Gasteiger partial charge in [-0.2, -0.15) is 13.2 Å². The van der Waals surface area contributed by atoms with E-state index in [4.69, 9.17) is 4.74 Å². The number of alkyl halides is 3. The third-order valence-corrected chi connectivity index (χ3v) is 4.75. The van der Waals surface area contributed by atoms with Crippen LogP contribution >= 0.6 is 0 Å². The van der Waals surface area contributed by atoms with Crippen molar-refractivity contribution >= 4 is 11.6 Å². The molecule has 4 rings (SSSR count). The molecule has 2 atom stereocenters. The zero-order valence-electron chi connectivity index (χ0n) is 13.4. The molecule has 1 N–H and O–H groups in total. The lowest BCUT2D eigenvalue weighted by molar-refractivity contribution is -0.270. The van der Waals surface area contributed by atoms with Crippen LogP contribution < -0.4 is 5.32 Å². The minimum atomic E-state index is -5.17. The first-order valence-electron chi connectivity index (χ1n) is 8.29. The number of ether oxygens (including phenoxy) is 1. The van der Waals surface area contributed by atoms with E-state index in [1.165, 1.54) is 0 Å². The Labute approximate surface area is 145 Å². The lowest BCUT2D eigenvalue weighted by Crippen LogP contribution is -2.48. The molecule has 3 aliphatic rings. The molecule has 8 heteroatoms. The van der Waals surface area contributed by atoms with Crippen molar-refractivity contribution in [3.63, 3.8) is 0 Å². The molecule has 2 saturated carbocycles. The van der Waals surface area contributed by atoms with Gasteiger partial charge in [0.1, 0.15) is 6.10 Å². The van der Waals surface area contributed by atoms with Gasteiger partial charge in [-0.05, 0) is 43.7 Å². The Morgan fingerprint density at radius 3 is 2.42 bits per heavy atom. The van der Waals surface area contributed by atoms with E-state index < -0.39 is 52.6 Å². The molecule has 2 aliphatic carbocycles. The maximum Gasteiger partial charge on any atom is 0.433 e. The van der Waals surface area contributed by atoms with Gasteiger partial charge >= 0.3 is 6.18 Å². The molecule has 0 saturated heterocycles. The van der Waals surface area contributed by atoms with E-state index in [0.717, 1.165) is 6.07 Å². The fraction of sp³-hybridized carbons (Fsp3) is 0.500. The molecule has 0 bridgehead atoms. The third kappa shape index (κ3) is 2.75. The van der Waals surface area contributed by atoms with Crippen molar-refractivity contribution in [2.75, 3.05) is 5.32 Å². The second-order valence-electron chi connectivity index (χ2n) is 6.87. The van der Waals surface area contributed by atoms with Gasteiger partial charge in [-0.15, -0.1) is 0 Å². The number of hydrogen-bond donors (Lipinski definition) is 1. The fourth-order valence-electron chi connectivity index (χ4n) is 3.02. The largest absolute Gasteiger partial charge is 0.433 e. The maximum atomic E-state index is 14.5. The van der Waals surface area contributed by atoms with Crippen LogP contribution in [0.3, 0.4) is 0 Å². The van der Waals surface area contributed by atoms with E-state index >= 15 is 0 Å². The normalized spacial score (nSPS) is 28.5. The lowest BCUT2D eigenvalue weighted by atomic mass is 9.90. The van der Waals surface area contributed by atoms with E-state index in [-0.39, 0.29) is 5.92 Å². The van der Waals surface area contributed by atoms with Gasteiger partial charge < -0.3 is 10.1 Å².